The van der Waals surface area contributed by atoms with Gasteiger partial charge in [0.05, 0.1) is 26.9 Å². The largest absolute Gasteiger partial charge is 0.303 e. The van der Waals surface area contributed by atoms with Crippen LogP contribution in [0.4, 0.5) is 11.4 Å². The van der Waals surface area contributed by atoms with Crippen LogP contribution in [0.15, 0.2) is 77.7 Å². The molecule has 1 aliphatic heterocycles. The molecular formula is C24H20Cl2N4O4S2. The van der Waals surface area contributed by atoms with E-state index in [9.17, 15) is 16.8 Å². The van der Waals surface area contributed by atoms with Crippen molar-refractivity contribution in [1.82, 2.24) is 9.29 Å². The van der Waals surface area contributed by atoms with Gasteiger partial charge in [0.1, 0.15) is 4.90 Å². The molecule has 0 saturated carbocycles. The number of sulfonamides is 1. The summed E-state index contributed by atoms with van der Waals surface area (Å²) in [5.74, 6) is 0. The molecule has 0 atom stereocenters. The number of nitrogens with one attached hydrogen (secondary N) is 1. The number of nitrogens with zero attached hydrogens (tertiary/aromatic N) is 3. The predicted molar refractivity (Wildman–Crippen MR) is 143 cm³/mol. The van der Waals surface area contributed by atoms with Gasteiger partial charge in [0.25, 0.3) is 10.0 Å². The Kier molecular flexibility index (Phi) is 6.34. The lowest BCUT2D eigenvalue weighted by atomic mass is 10.1. The van der Waals surface area contributed by atoms with E-state index in [0.717, 1.165) is 10.9 Å². The Labute approximate surface area is 219 Å². The third-order valence-electron chi connectivity index (χ3n) is 5.88. The first-order chi connectivity index (χ1) is 17.1. The van der Waals surface area contributed by atoms with Gasteiger partial charge in [0, 0.05) is 36.8 Å². The minimum atomic E-state index is -4.09. The van der Waals surface area contributed by atoms with Gasteiger partial charge in [-0.05, 0) is 48.5 Å². The molecular weight excluding hydrogens is 543 g/mol. The molecule has 1 aromatic heterocycles. The quantitative estimate of drug-likeness (QED) is 0.368. The van der Waals surface area contributed by atoms with Gasteiger partial charge >= 0.3 is 10.2 Å². The SMILES string of the molecule is CN1CCN(c2ccc(S(=O)(=O)Nc3ccc(Cl)c(-c4ccc5ccccc5n4)c3)c(Cl)c2)S1(=O)=O. The highest BCUT2D eigenvalue weighted by atomic mass is 35.5. The van der Waals surface area contributed by atoms with Crippen molar-refractivity contribution in [3.05, 3.63) is 82.8 Å². The van der Waals surface area contributed by atoms with E-state index in [1.165, 1.54) is 33.9 Å². The number of benzene rings is 3. The molecule has 12 heteroatoms. The normalized spacial score (nSPS) is 15.9. The van der Waals surface area contributed by atoms with Crippen LogP contribution in [-0.4, -0.2) is 46.3 Å². The molecule has 0 unspecified atom stereocenters. The maximum Gasteiger partial charge on any atom is 0.303 e. The second kappa shape index (κ2) is 9.20. The Bertz CT molecular complexity index is 1710. The van der Waals surface area contributed by atoms with Gasteiger partial charge < -0.3 is 0 Å². The highest BCUT2D eigenvalue weighted by Gasteiger charge is 2.34. The van der Waals surface area contributed by atoms with Crippen LogP contribution in [0.25, 0.3) is 22.2 Å². The monoisotopic (exact) mass is 562 g/mol. The average molecular weight is 563 g/mol. The third-order valence-corrected chi connectivity index (χ3v) is 9.99. The molecule has 3 aromatic carbocycles. The Morgan fingerprint density at radius 3 is 2.42 bits per heavy atom. The second-order valence-electron chi connectivity index (χ2n) is 8.21. The van der Waals surface area contributed by atoms with Crippen molar-refractivity contribution in [3.8, 4) is 11.3 Å². The molecule has 0 bridgehead atoms. The summed E-state index contributed by atoms with van der Waals surface area (Å²) in [6.45, 7) is 0.572. The zero-order valence-corrected chi connectivity index (χ0v) is 22.0. The predicted octanol–water partition coefficient (Wildman–Crippen LogP) is 5.01. The molecule has 1 N–H and O–H groups in total. The molecule has 1 fully saturated rings. The van der Waals surface area contributed by atoms with Crippen LogP contribution in [0.3, 0.4) is 0 Å². The highest BCUT2D eigenvalue weighted by Crippen LogP contribution is 2.34. The minimum Gasteiger partial charge on any atom is -0.280 e. The first-order valence-electron chi connectivity index (χ1n) is 10.8. The van der Waals surface area contributed by atoms with Crippen LogP contribution in [-0.2, 0) is 20.2 Å². The topological polar surface area (TPSA) is 99.7 Å². The van der Waals surface area contributed by atoms with Crippen molar-refractivity contribution in [2.75, 3.05) is 29.2 Å². The Balaban J connectivity index is 1.45. The Morgan fingerprint density at radius 1 is 0.917 bits per heavy atom. The molecule has 2 heterocycles. The van der Waals surface area contributed by atoms with Gasteiger partial charge in [0.2, 0.25) is 0 Å². The molecule has 5 rings (SSSR count). The van der Waals surface area contributed by atoms with Crippen LogP contribution in [0.1, 0.15) is 0 Å². The highest BCUT2D eigenvalue weighted by molar-refractivity contribution is 7.93. The molecule has 0 aliphatic carbocycles. The number of aromatic nitrogens is 1. The fraction of sp³-hybridized carbons (Fsp3) is 0.125. The van der Waals surface area contributed by atoms with Crippen molar-refractivity contribution in [1.29, 1.82) is 0 Å². The summed E-state index contributed by atoms with van der Waals surface area (Å²) in [4.78, 5) is 4.46. The Hall–Kier alpha value is -2.89. The fourth-order valence-electron chi connectivity index (χ4n) is 3.97. The smallest absolute Gasteiger partial charge is 0.280 e. The van der Waals surface area contributed by atoms with Gasteiger partial charge in [-0.1, -0.05) is 47.5 Å². The minimum absolute atomic E-state index is 0.102. The van der Waals surface area contributed by atoms with Crippen molar-refractivity contribution in [2.24, 2.45) is 0 Å². The number of hydrogen-bond acceptors (Lipinski definition) is 5. The number of halogens is 2. The summed E-state index contributed by atoms with van der Waals surface area (Å²) in [5, 5.41) is 1.29. The van der Waals surface area contributed by atoms with Crippen molar-refractivity contribution >= 4 is 65.7 Å². The van der Waals surface area contributed by atoms with Gasteiger partial charge in [0.15, 0.2) is 0 Å². The van der Waals surface area contributed by atoms with Gasteiger partial charge in [-0.25, -0.2) is 13.4 Å². The number of para-hydroxylation sites is 1. The van der Waals surface area contributed by atoms with E-state index >= 15 is 0 Å². The first kappa shape index (κ1) is 24.8. The number of rotatable bonds is 5. The van der Waals surface area contributed by atoms with E-state index in [-0.39, 0.29) is 22.2 Å². The fourth-order valence-corrected chi connectivity index (χ4v) is 7.11. The van der Waals surface area contributed by atoms with E-state index in [1.807, 2.05) is 36.4 Å². The maximum absolute atomic E-state index is 13.2. The molecule has 186 valence electrons. The zero-order chi connectivity index (χ0) is 25.7. The lowest BCUT2D eigenvalue weighted by molar-refractivity contribution is 0.511. The lowest BCUT2D eigenvalue weighted by Crippen LogP contribution is -2.30. The zero-order valence-electron chi connectivity index (χ0n) is 18.9. The molecule has 0 amide bonds. The summed E-state index contributed by atoms with van der Waals surface area (Å²) in [7, 11) is -6.27. The molecule has 36 heavy (non-hydrogen) atoms. The third kappa shape index (κ3) is 4.51. The van der Waals surface area contributed by atoms with Crippen molar-refractivity contribution in [3.63, 3.8) is 0 Å². The van der Waals surface area contributed by atoms with E-state index in [0.29, 0.717) is 28.5 Å². The van der Waals surface area contributed by atoms with Crippen LogP contribution in [0, 0.1) is 0 Å². The average Bonchev–Trinajstić information content (AvgIpc) is 3.11. The van der Waals surface area contributed by atoms with Crippen molar-refractivity contribution < 1.29 is 16.8 Å². The number of pyridine rings is 1. The molecule has 1 aliphatic rings. The van der Waals surface area contributed by atoms with Crippen LogP contribution in [0.5, 0.6) is 0 Å². The van der Waals surface area contributed by atoms with E-state index in [1.54, 1.807) is 18.2 Å². The number of hydrogen-bond donors (Lipinski definition) is 1. The van der Waals surface area contributed by atoms with Gasteiger partial charge in [-0.15, -0.1) is 0 Å². The van der Waals surface area contributed by atoms with E-state index < -0.39 is 20.2 Å². The van der Waals surface area contributed by atoms with Crippen molar-refractivity contribution in [2.45, 2.75) is 4.90 Å². The molecule has 4 aromatic rings. The number of likely N-dealkylation sites (N-methyl/N-ethyl adjacent to an activating group) is 1. The second-order valence-corrected chi connectivity index (χ2v) is 12.6. The maximum atomic E-state index is 13.2. The first-order valence-corrected chi connectivity index (χ1v) is 14.4. The standard InChI is InChI=1S/C24H20Cl2N4O4S2/c1-29-12-13-30(36(29,33)34)18-8-11-24(21(26)15-18)35(31,32)28-17-7-9-20(25)19(14-17)23-10-6-16-4-2-3-5-22(16)27-23/h2-11,14-15,28H,12-13H2,1H3. The molecule has 8 nitrogen and oxygen atoms in total. The summed E-state index contributed by atoms with van der Waals surface area (Å²) in [5.41, 5.74) is 2.51. The number of fused-ring (bicyclic) bond motifs is 1. The van der Waals surface area contributed by atoms with E-state index in [4.69, 9.17) is 23.2 Å². The Morgan fingerprint density at radius 2 is 1.69 bits per heavy atom. The summed E-state index contributed by atoms with van der Waals surface area (Å²) in [6.07, 6.45) is 0. The van der Waals surface area contributed by atoms with Gasteiger partial charge in [-0.3, -0.25) is 9.03 Å². The molecule has 0 spiro atoms. The summed E-state index contributed by atoms with van der Waals surface area (Å²) in [6, 6.07) is 20.2. The van der Waals surface area contributed by atoms with Gasteiger partial charge in [-0.2, -0.15) is 12.7 Å². The van der Waals surface area contributed by atoms with Crippen LogP contribution >= 0.6 is 23.2 Å². The summed E-state index contributed by atoms with van der Waals surface area (Å²) >= 11 is 12.7. The summed E-state index contributed by atoms with van der Waals surface area (Å²) < 4.78 is 56.1. The van der Waals surface area contributed by atoms with Crippen LogP contribution in [0.2, 0.25) is 10.0 Å². The number of anilines is 2. The van der Waals surface area contributed by atoms with E-state index in [2.05, 4.69) is 9.71 Å². The lowest BCUT2D eigenvalue weighted by Gasteiger charge is -2.19. The van der Waals surface area contributed by atoms with Crippen LogP contribution < -0.4 is 9.03 Å². The molecule has 1 saturated heterocycles. The molecule has 0 radical (unpaired) electrons.